The molecule has 0 bridgehead atoms. The van der Waals surface area contributed by atoms with Gasteiger partial charge in [0.05, 0.1) is 15.5 Å². The van der Waals surface area contributed by atoms with Gasteiger partial charge in [-0.3, -0.25) is 29.4 Å². The van der Waals surface area contributed by atoms with E-state index in [2.05, 4.69) is 5.32 Å². The molecule has 0 spiro atoms. The number of nitrogens with one attached hydrogen (secondary N) is 1. The molecular formula is C23H16N4O7S. The summed E-state index contributed by atoms with van der Waals surface area (Å²) in [6, 6.07) is 14.3. The number of nitro benzene ring substituents is 1. The van der Waals surface area contributed by atoms with Crippen molar-refractivity contribution in [1.82, 2.24) is 9.47 Å². The quantitative estimate of drug-likeness (QED) is 0.312. The van der Waals surface area contributed by atoms with E-state index in [4.69, 9.17) is 9.47 Å². The number of imide groups is 1. The van der Waals surface area contributed by atoms with E-state index < -0.39 is 28.5 Å². The van der Waals surface area contributed by atoms with E-state index in [0.29, 0.717) is 40.3 Å². The Balaban J connectivity index is 1.31. The molecule has 5 rings (SSSR count). The number of anilines is 1. The van der Waals surface area contributed by atoms with Gasteiger partial charge in [-0.05, 0) is 48.2 Å². The monoisotopic (exact) mass is 492 g/mol. The lowest BCUT2D eigenvalue weighted by Crippen LogP contribution is -2.36. The first-order valence-electron chi connectivity index (χ1n) is 10.3. The van der Waals surface area contributed by atoms with Crippen molar-refractivity contribution in [2.75, 3.05) is 18.7 Å². The number of carbonyl (C=O) groups excluding carboxylic acids is 3. The second kappa shape index (κ2) is 8.99. The van der Waals surface area contributed by atoms with Gasteiger partial charge in [-0.25, -0.2) is 0 Å². The maximum absolute atomic E-state index is 12.9. The molecule has 2 aliphatic heterocycles. The number of hydrogen-bond donors (Lipinski definition) is 1. The van der Waals surface area contributed by atoms with Crippen LogP contribution in [0.15, 0.2) is 65.7 Å². The number of aromatic nitrogens is 1. The van der Waals surface area contributed by atoms with E-state index in [9.17, 15) is 24.5 Å². The van der Waals surface area contributed by atoms with Crippen molar-refractivity contribution < 1.29 is 28.8 Å². The van der Waals surface area contributed by atoms with Gasteiger partial charge < -0.3 is 19.4 Å². The highest BCUT2D eigenvalue weighted by Crippen LogP contribution is 2.35. The van der Waals surface area contributed by atoms with Gasteiger partial charge in [-0.15, -0.1) is 0 Å². The average Bonchev–Trinajstić information content (AvgIpc) is 3.55. The smallest absolute Gasteiger partial charge is 0.294 e. The highest BCUT2D eigenvalue weighted by Gasteiger charge is 2.36. The number of rotatable bonds is 6. The number of nitro groups is 1. The summed E-state index contributed by atoms with van der Waals surface area (Å²) in [5.74, 6) is -0.0994. The lowest BCUT2D eigenvalue weighted by atomic mass is 10.2. The minimum atomic E-state index is -0.604. The molecular weight excluding hydrogens is 476 g/mol. The van der Waals surface area contributed by atoms with Gasteiger partial charge in [0, 0.05) is 35.8 Å². The number of thioether (sulfide) groups is 1. The van der Waals surface area contributed by atoms with Gasteiger partial charge in [-0.2, -0.15) is 0 Å². The zero-order valence-electron chi connectivity index (χ0n) is 17.9. The predicted molar refractivity (Wildman–Crippen MR) is 126 cm³/mol. The first-order valence-corrected chi connectivity index (χ1v) is 11.1. The van der Waals surface area contributed by atoms with Crippen LogP contribution in [-0.2, 0) is 9.59 Å². The summed E-state index contributed by atoms with van der Waals surface area (Å²) in [7, 11) is 0. The molecule has 0 unspecified atom stereocenters. The predicted octanol–water partition coefficient (Wildman–Crippen LogP) is 3.79. The van der Waals surface area contributed by atoms with Gasteiger partial charge in [-0.1, -0.05) is 6.07 Å². The molecule has 2 aliphatic rings. The zero-order chi connectivity index (χ0) is 24.5. The molecule has 176 valence electrons. The molecule has 0 atom stereocenters. The fourth-order valence-corrected chi connectivity index (χ4v) is 4.42. The summed E-state index contributed by atoms with van der Waals surface area (Å²) in [4.78, 5) is 49.4. The van der Waals surface area contributed by atoms with E-state index in [-0.39, 0.29) is 17.4 Å². The second-order valence-corrected chi connectivity index (χ2v) is 8.46. The first-order chi connectivity index (χ1) is 16.9. The Morgan fingerprint density at radius 2 is 1.94 bits per heavy atom. The van der Waals surface area contributed by atoms with Crippen LogP contribution in [0.2, 0.25) is 0 Å². The van der Waals surface area contributed by atoms with Crippen molar-refractivity contribution >= 4 is 46.3 Å². The Morgan fingerprint density at radius 3 is 2.77 bits per heavy atom. The van der Waals surface area contributed by atoms with Crippen LogP contribution in [-0.4, -0.2) is 44.8 Å². The lowest BCUT2D eigenvalue weighted by Gasteiger charge is -2.12. The molecule has 1 fully saturated rings. The number of hydrogen-bond acceptors (Lipinski definition) is 8. The molecule has 11 nitrogen and oxygen atoms in total. The first kappa shape index (κ1) is 22.2. The fourth-order valence-electron chi connectivity index (χ4n) is 3.59. The standard InChI is InChI=1S/C23H16N4O7S/c28-21(24-14-6-7-18-19(9-14)34-13-33-18)12-26-22(29)20(35-23(26)30)11-16-5-2-8-25(16)15-3-1-4-17(10-15)27(31)32/h1-11H,12-13H2,(H,24,28)/b20-11-. The third-order valence-electron chi connectivity index (χ3n) is 5.21. The molecule has 1 N–H and O–H groups in total. The van der Waals surface area contributed by atoms with E-state index in [1.807, 2.05) is 0 Å². The molecule has 3 heterocycles. The van der Waals surface area contributed by atoms with E-state index >= 15 is 0 Å². The highest BCUT2D eigenvalue weighted by molar-refractivity contribution is 8.18. The zero-order valence-corrected chi connectivity index (χ0v) is 18.7. The molecule has 35 heavy (non-hydrogen) atoms. The van der Waals surface area contributed by atoms with Crippen LogP contribution in [0.4, 0.5) is 16.2 Å². The topological polar surface area (TPSA) is 133 Å². The molecule has 1 aromatic heterocycles. The third kappa shape index (κ3) is 4.46. The maximum Gasteiger partial charge on any atom is 0.294 e. The SMILES string of the molecule is O=C(CN1C(=O)S/C(=C\c2cccn2-c2cccc([N+](=O)[O-])c2)C1=O)Nc1ccc2c(c1)OCO2. The van der Waals surface area contributed by atoms with Gasteiger partial charge >= 0.3 is 0 Å². The van der Waals surface area contributed by atoms with Crippen molar-refractivity contribution in [2.24, 2.45) is 0 Å². The Morgan fingerprint density at radius 1 is 1.11 bits per heavy atom. The van der Waals surface area contributed by atoms with Crippen molar-refractivity contribution in [2.45, 2.75) is 0 Å². The Kier molecular flexibility index (Phi) is 5.71. The number of carbonyl (C=O) groups is 3. The second-order valence-electron chi connectivity index (χ2n) is 7.46. The van der Waals surface area contributed by atoms with Gasteiger partial charge in [0.2, 0.25) is 12.7 Å². The van der Waals surface area contributed by atoms with Crippen molar-refractivity contribution in [1.29, 1.82) is 0 Å². The van der Waals surface area contributed by atoms with Gasteiger partial charge in [0.25, 0.3) is 16.8 Å². The normalized spacial score (nSPS) is 15.7. The lowest BCUT2D eigenvalue weighted by molar-refractivity contribution is -0.384. The summed E-state index contributed by atoms with van der Waals surface area (Å²) in [5, 5.41) is 13.2. The summed E-state index contributed by atoms with van der Waals surface area (Å²) < 4.78 is 12.2. The number of fused-ring (bicyclic) bond motifs is 1. The van der Waals surface area contributed by atoms with Crippen LogP contribution in [0, 0.1) is 10.1 Å². The number of amides is 3. The summed E-state index contributed by atoms with van der Waals surface area (Å²) in [6.07, 6.45) is 3.20. The number of benzene rings is 2. The molecule has 2 aromatic carbocycles. The summed E-state index contributed by atoms with van der Waals surface area (Å²) >= 11 is 0.717. The van der Waals surface area contributed by atoms with E-state index in [0.717, 1.165) is 4.90 Å². The van der Waals surface area contributed by atoms with Gasteiger partial charge in [0.1, 0.15) is 6.54 Å². The van der Waals surface area contributed by atoms with Crippen LogP contribution in [0.5, 0.6) is 11.5 Å². The van der Waals surface area contributed by atoms with Crippen molar-refractivity contribution in [3.63, 3.8) is 0 Å². The van der Waals surface area contributed by atoms with Crippen molar-refractivity contribution in [3.05, 3.63) is 81.5 Å². The molecule has 3 amide bonds. The number of non-ortho nitro benzene ring substituents is 1. The minimum absolute atomic E-state index is 0.0732. The number of ether oxygens (including phenoxy) is 2. The van der Waals surface area contributed by atoms with Crippen LogP contribution in [0.3, 0.4) is 0 Å². The van der Waals surface area contributed by atoms with E-state index in [1.165, 1.54) is 18.2 Å². The minimum Gasteiger partial charge on any atom is -0.454 e. The van der Waals surface area contributed by atoms with E-state index in [1.54, 1.807) is 53.2 Å². The van der Waals surface area contributed by atoms with Crippen LogP contribution >= 0.6 is 11.8 Å². The number of nitrogens with zero attached hydrogens (tertiary/aromatic N) is 3. The maximum atomic E-state index is 12.9. The summed E-state index contributed by atoms with van der Waals surface area (Å²) in [5.41, 5.74) is 1.44. The molecule has 3 aromatic rings. The van der Waals surface area contributed by atoms with Crippen molar-refractivity contribution in [3.8, 4) is 17.2 Å². The molecule has 0 saturated carbocycles. The summed E-state index contributed by atoms with van der Waals surface area (Å²) in [6.45, 7) is -0.358. The van der Waals surface area contributed by atoms with Crippen LogP contribution in [0.1, 0.15) is 5.69 Å². The Bertz CT molecular complexity index is 1410. The van der Waals surface area contributed by atoms with Crippen LogP contribution in [0.25, 0.3) is 11.8 Å². The largest absolute Gasteiger partial charge is 0.454 e. The molecule has 0 radical (unpaired) electrons. The third-order valence-corrected chi connectivity index (χ3v) is 6.12. The molecule has 0 aliphatic carbocycles. The molecule has 12 heteroatoms. The Hall–Kier alpha value is -4.58. The average molecular weight is 492 g/mol. The fraction of sp³-hybridized carbons (Fsp3) is 0.0870. The van der Waals surface area contributed by atoms with Gasteiger partial charge in [0.15, 0.2) is 11.5 Å². The Labute approximate surface area is 202 Å². The van der Waals surface area contributed by atoms with Crippen LogP contribution < -0.4 is 14.8 Å². The highest BCUT2D eigenvalue weighted by atomic mass is 32.2. The molecule has 1 saturated heterocycles.